The topological polar surface area (TPSA) is 50.4 Å². The summed E-state index contributed by atoms with van der Waals surface area (Å²) in [5, 5.41) is 13.8. The fourth-order valence-corrected chi connectivity index (χ4v) is 2.48. The van der Waals surface area contributed by atoms with E-state index in [-0.39, 0.29) is 5.75 Å². The minimum absolute atomic E-state index is 0.158. The number of nitrogens with zero attached hydrogens (tertiary/aromatic N) is 3. The van der Waals surface area contributed by atoms with Gasteiger partial charge in [0.1, 0.15) is 0 Å². The van der Waals surface area contributed by atoms with Crippen LogP contribution in [0.4, 0.5) is 0 Å². The van der Waals surface area contributed by atoms with E-state index in [2.05, 4.69) is 10.1 Å². The highest BCUT2D eigenvalue weighted by Gasteiger charge is 2.18. The van der Waals surface area contributed by atoms with E-state index in [1.54, 1.807) is 10.7 Å². The Morgan fingerprint density at radius 1 is 1.25 bits per heavy atom. The molecule has 1 saturated carbocycles. The molecule has 0 aliphatic heterocycles. The molecule has 4 nitrogen and oxygen atoms in total. The lowest BCUT2D eigenvalue weighted by molar-refractivity contribution is 0.434. The lowest BCUT2D eigenvalue weighted by Crippen LogP contribution is -2.05. The van der Waals surface area contributed by atoms with Crippen LogP contribution in [0.3, 0.4) is 0 Å². The molecular weight excluding hydrogens is 202 g/mol. The third-order valence-corrected chi connectivity index (χ3v) is 3.34. The summed E-state index contributed by atoms with van der Waals surface area (Å²) in [6, 6.07) is 2.04. The van der Waals surface area contributed by atoms with E-state index in [0.717, 1.165) is 11.3 Å². The molecular formula is C12H15N3O. The van der Waals surface area contributed by atoms with Gasteiger partial charge in [-0.1, -0.05) is 19.3 Å². The average molecular weight is 217 g/mol. The zero-order valence-corrected chi connectivity index (χ0v) is 9.13. The third kappa shape index (κ3) is 1.64. The fraction of sp³-hybridized carbons (Fsp3) is 0.500. The molecule has 3 rings (SSSR count). The summed E-state index contributed by atoms with van der Waals surface area (Å²) in [7, 11) is 0. The highest BCUT2D eigenvalue weighted by atomic mass is 16.3. The summed E-state index contributed by atoms with van der Waals surface area (Å²) < 4.78 is 1.67. The van der Waals surface area contributed by atoms with Gasteiger partial charge in [-0.15, -0.1) is 0 Å². The van der Waals surface area contributed by atoms with Crippen LogP contribution in [0, 0.1) is 0 Å². The monoisotopic (exact) mass is 217 g/mol. The second-order valence-electron chi connectivity index (χ2n) is 4.52. The quantitative estimate of drug-likeness (QED) is 0.798. The Balaban J connectivity index is 1.97. The first-order chi connectivity index (χ1) is 7.83. The van der Waals surface area contributed by atoms with Crippen LogP contribution in [0.5, 0.6) is 5.75 Å². The number of aromatic nitrogens is 3. The SMILES string of the molecule is Oc1cnc2cc(C3CCCCC3)nn2c1. The highest BCUT2D eigenvalue weighted by molar-refractivity contribution is 5.41. The maximum absolute atomic E-state index is 9.33. The zero-order valence-electron chi connectivity index (χ0n) is 9.13. The molecule has 0 saturated heterocycles. The van der Waals surface area contributed by atoms with Gasteiger partial charge in [0.25, 0.3) is 0 Å². The second-order valence-corrected chi connectivity index (χ2v) is 4.52. The molecule has 0 radical (unpaired) electrons. The summed E-state index contributed by atoms with van der Waals surface area (Å²) in [6.45, 7) is 0. The average Bonchev–Trinajstić information content (AvgIpc) is 2.73. The summed E-state index contributed by atoms with van der Waals surface area (Å²) >= 11 is 0. The Kier molecular flexibility index (Phi) is 2.27. The van der Waals surface area contributed by atoms with Gasteiger partial charge >= 0.3 is 0 Å². The predicted octanol–water partition coefficient (Wildman–Crippen LogP) is 2.48. The molecule has 84 valence electrons. The Hall–Kier alpha value is -1.58. The Morgan fingerprint density at radius 3 is 2.88 bits per heavy atom. The van der Waals surface area contributed by atoms with Crippen molar-refractivity contribution in [3.8, 4) is 5.75 Å². The summed E-state index contributed by atoms with van der Waals surface area (Å²) in [5.41, 5.74) is 1.94. The Labute approximate surface area is 93.9 Å². The van der Waals surface area contributed by atoms with Crippen LogP contribution in [0.2, 0.25) is 0 Å². The summed E-state index contributed by atoms with van der Waals surface area (Å²) in [6.07, 6.45) is 9.49. The lowest BCUT2D eigenvalue weighted by atomic mass is 9.87. The van der Waals surface area contributed by atoms with E-state index in [4.69, 9.17) is 0 Å². The van der Waals surface area contributed by atoms with Crippen LogP contribution < -0.4 is 0 Å². The molecule has 16 heavy (non-hydrogen) atoms. The molecule has 2 aromatic rings. The van der Waals surface area contributed by atoms with Gasteiger partial charge in [-0.3, -0.25) is 0 Å². The zero-order chi connectivity index (χ0) is 11.0. The summed E-state index contributed by atoms with van der Waals surface area (Å²) in [5.74, 6) is 0.739. The molecule has 0 amide bonds. The van der Waals surface area contributed by atoms with Crippen molar-refractivity contribution in [3.63, 3.8) is 0 Å². The van der Waals surface area contributed by atoms with E-state index in [9.17, 15) is 5.11 Å². The minimum Gasteiger partial charge on any atom is -0.505 e. The van der Waals surface area contributed by atoms with Gasteiger partial charge < -0.3 is 5.11 Å². The first-order valence-corrected chi connectivity index (χ1v) is 5.87. The van der Waals surface area contributed by atoms with Crippen LogP contribution in [-0.4, -0.2) is 19.7 Å². The molecule has 1 aliphatic carbocycles. The number of fused-ring (bicyclic) bond motifs is 1. The van der Waals surface area contributed by atoms with Gasteiger partial charge in [0.05, 0.1) is 18.1 Å². The molecule has 0 unspecified atom stereocenters. The van der Waals surface area contributed by atoms with Crippen LogP contribution in [0.15, 0.2) is 18.5 Å². The van der Waals surface area contributed by atoms with Crippen molar-refractivity contribution in [2.75, 3.05) is 0 Å². The largest absolute Gasteiger partial charge is 0.505 e. The van der Waals surface area contributed by atoms with Crippen molar-refractivity contribution in [1.29, 1.82) is 0 Å². The Bertz CT molecular complexity index is 500. The number of hydrogen-bond donors (Lipinski definition) is 1. The second kappa shape index (κ2) is 3.77. The third-order valence-electron chi connectivity index (χ3n) is 3.34. The van der Waals surface area contributed by atoms with Crippen molar-refractivity contribution < 1.29 is 5.11 Å². The highest BCUT2D eigenvalue weighted by Crippen LogP contribution is 2.32. The maximum atomic E-state index is 9.33. The van der Waals surface area contributed by atoms with Gasteiger partial charge in [-0.2, -0.15) is 5.10 Å². The van der Waals surface area contributed by atoms with Gasteiger partial charge in [-0.25, -0.2) is 9.50 Å². The molecule has 0 bridgehead atoms. The van der Waals surface area contributed by atoms with E-state index >= 15 is 0 Å². The molecule has 4 heteroatoms. The normalized spacial score (nSPS) is 18.0. The first-order valence-electron chi connectivity index (χ1n) is 5.87. The van der Waals surface area contributed by atoms with Crippen LogP contribution in [0.25, 0.3) is 5.65 Å². The van der Waals surface area contributed by atoms with Gasteiger partial charge in [0, 0.05) is 12.0 Å². The fourth-order valence-electron chi connectivity index (χ4n) is 2.48. The van der Waals surface area contributed by atoms with Crippen molar-refractivity contribution in [3.05, 3.63) is 24.2 Å². The minimum atomic E-state index is 0.158. The van der Waals surface area contributed by atoms with Crippen molar-refractivity contribution in [2.24, 2.45) is 0 Å². The number of hydrogen-bond acceptors (Lipinski definition) is 3. The van der Waals surface area contributed by atoms with Crippen molar-refractivity contribution in [2.45, 2.75) is 38.0 Å². The van der Waals surface area contributed by atoms with E-state index in [1.165, 1.54) is 38.3 Å². The number of aromatic hydroxyl groups is 1. The van der Waals surface area contributed by atoms with Gasteiger partial charge in [0.15, 0.2) is 11.4 Å². The van der Waals surface area contributed by atoms with Crippen molar-refractivity contribution in [1.82, 2.24) is 14.6 Å². The number of rotatable bonds is 1. The van der Waals surface area contributed by atoms with Crippen molar-refractivity contribution >= 4 is 5.65 Å². The molecule has 2 heterocycles. The molecule has 0 spiro atoms. The van der Waals surface area contributed by atoms with Crippen LogP contribution >= 0.6 is 0 Å². The standard InChI is InChI=1S/C12H15N3O/c16-10-7-13-12-6-11(14-15(12)8-10)9-4-2-1-3-5-9/h6-9,16H,1-5H2. The first kappa shape index (κ1) is 9.63. The molecule has 0 aromatic carbocycles. The van der Waals surface area contributed by atoms with E-state index in [0.29, 0.717) is 5.92 Å². The lowest BCUT2D eigenvalue weighted by Gasteiger charge is -2.18. The van der Waals surface area contributed by atoms with E-state index in [1.807, 2.05) is 6.07 Å². The Morgan fingerprint density at radius 2 is 2.06 bits per heavy atom. The molecule has 0 atom stereocenters. The van der Waals surface area contributed by atoms with E-state index < -0.39 is 0 Å². The maximum Gasteiger partial charge on any atom is 0.155 e. The molecule has 2 aromatic heterocycles. The smallest absolute Gasteiger partial charge is 0.155 e. The summed E-state index contributed by atoms with van der Waals surface area (Å²) in [4.78, 5) is 4.15. The van der Waals surface area contributed by atoms with Crippen LogP contribution in [-0.2, 0) is 0 Å². The predicted molar refractivity (Wildman–Crippen MR) is 60.5 cm³/mol. The van der Waals surface area contributed by atoms with Gasteiger partial charge in [0.2, 0.25) is 0 Å². The van der Waals surface area contributed by atoms with Gasteiger partial charge in [-0.05, 0) is 12.8 Å². The molecule has 1 fully saturated rings. The molecule has 1 aliphatic rings. The molecule has 1 N–H and O–H groups in total. The van der Waals surface area contributed by atoms with Crippen LogP contribution in [0.1, 0.15) is 43.7 Å².